The number of imide groups is 1. The number of aromatic nitrogens is 1. The molecule has 3 amide bonds. The smallest absolute Gasteiger partial charge is 0.305 e. The van der Waals surface area contributed by atoms with Crippen LogP contribution in [0.5, 0.6) is 0 Å². The van der Waals surface area contributed by atoms with Crippen LogP contribution in [-0.4, -0.2) is 32.9 Å². The first-order valence-corrected chi connectivity index (χ1v) is 10.3. The van der Waals surface area contributed by atoms with E-state index in [9.17, 15) is 27.2 Å². The second-order valence-corrected chi connectivity index (χ2v) is 8.85. The number of hydrogen-bond acceptors (Lipinski definition) is 4. The zero-order valence-electron chi connectivity index (χ0n) is 17.0. The van der Waals surface area contributed by atoms with Crippen molar-refractivity contribution >= 4 is 40.3 Å². The van der Waals surface area contributed by atoms with Gasteiger partial charge in [-0.2, -0.15) is 13.2 Å². The van der Waals surface area contributed by atoms with Crippen LogP contribution in [0.3, 0.4) is 0 Å². The van der Waals surface area contributed by atoms with Crippen molar-refractivity contribution in [1.82, 2.24) is 9.88 Å². The van der Waals surface area contributed by atoms with Crippen molar-refractivity contribution in [2.75, 3.05) is 4.90 Å². The third-order valence-corrected chi connectivity index (χ3v) is 6.04. The predicted octanol–water partition coefficient (Wildman–Crippen LogP) is 5.73. The molecule has 1 aliphatic heterocycles. The number of halogens is 4. The van der Waals surface area contributed by atoms with Crippen LogP contribution in [0.15, 0.2) is 59.6 Å². The minimum absolute atomic E-state index is 0.0678. The largest absolute Gasteiger partial charge is 0.446 e. The van der Waals surface area contributed by atoms with Gasteiger partial charge in [-0.25, -0.2) is 14.1 Å². The van der Waals surface area contributed by atoms with Gasteiger partial charge in [-0.1, -0.05) is 18.2 Å². The minimum Gasteiger partial charge on any atom is -0.305 e. The molecule has 0 bridgehead atoms. The van der Waals surface area contributed by atoms with E-state index in [0.29, 0.717) is 10.9 Å². The van der Waals surface area contributed by atoms with Gasteiger partial charge in [0, 0.05) is 15.8 Å². The summed E-state index contributed by atoms with van der Waals surface area (Å²) in [6.07, 6.45) is 1.07. The average molecular weight is 463 g/mol. The summed E-state index contributed by atoms with van der Waals surface area (Å²) < 4.78 is 52.4. The second-order valence-electron chi connectivity index (χ2n) is 7.71. The van der Waals surface area contributed by atoms with E-state index in [2.05, 4.69) is 4.98 Å². The first-order chi connectivity index (χ1) is 15.0. The Bertz CT molecular complexity index is 1210. The zero-order valence-corrected chi connectivity index (χ0v) is 17.8. The highest BCUT2D eigenvalue weighted by Crippen LogP contribution is 2.39. The van der Waals surface area contributed by atoms with Crippen LogP contribution in [0.1, 0.15) is 19.4 Å². The maximum Gasteiger partial charge on any atom is 0.446 e. The topological polar surface area (TPSA) is 53.5 Å². The number of carbonyl (C=O) groups excluding carboxylic acids is 2. The van der Waals surface area contributed by atoms with Crippen molar-refractivity contribution < 1.29 is 27.2 Å². The zero-order chi connectivity index (χ0) is 23.3. The predicted molar refractivity (Wildman–Crippen MR) is 113 cm³/mol. The first-order valence-electron chi connectivity index (χ1n) is 9.53. The maximum atomic E-state index is 14.7. The van der Waals surface area contributed by atoms with Gasteiger partial charge in [-0.05, 0) is 55.9 Å². The maximum absolute atomic E-state index is 14.7. The molecule has 5 nitrogen and oxygen atoms in total. The van der Waals surface area contributed by atoms with E-state index >= 15 is 0 Å². The van der Waals surface area contributed by atoms with Crippen molar-refractivity contribution in [1.29, 1.82) is 0 Å². The molecule has 0 aliphatic carbocycles. The molecular weight excluding hydrogens is 446 g/mol. The summed E-state index contributed by atoms with van der Waals surface area (Å²) in [6.45, 7) is 2.91. The molecule has 166 valence electrons. The Labute approximate surface area is 185 Å². The molecular formula is C22H17F4N3O2S. The fourth-order valence-electron chi connectivity index (χ4n) is 3.62. The number of fused-ring (bicyclic) bond motifs is 1. The molecule has 0 saturated carbocycles. The SMILES string of the molecule is CC1(C)C(=O)N(c2ccc(SC(F)(F)F)cc2)C(=O)N1Cc1c(F)cnc2ccccc12. The molecule has 0 N–H and O–H groups in total. The molecule has 10 heteroatoms. The summed E-state index contributed by atoms with van der Waals surface area (Å²) in [5.74, 6) is -1.16. The molecule has 1 aromatic heterocycles. The van der Waals surface area contributed by atoms with Crippen LogP contribution in [0.4, 0.5) is 28.0 Å². The fourth-order valence-corrected chi connectivity index (χ4v) is 4.16. The lowest BCUT2D eigenvalue weighted by Gasteiger charge is -2.28. The van der Waals surface area contributed by atoms with E-state index in [1.165, 1.54) is 29.2 Å². The lowest BCUT2D eigenvalue weighted by molar-refractivity contribution is -0.123. The van der Waals surface area contributed by atoms with Gasteiger partial charge in [0.05, 0.1) is 23.9 Å². The van der Waals surface area contributed by atoms with E-state index in [4.69, 9.17) is 0 Å². The standard InChI is InChI=1S/C22H17F4N3O2S/c1-21(2)19(30)29(13-7-9-14(10-8-13)32-22(24,25)26)20(31)28(21)12-16-15-5-3-4-6-18(15)27-11-17(16)23/h3-11H,12H2,1-2H3. The van der Waals surface area contributed by atoms with Gasteiger partial charge in [0.15, 0.2) is 0 Å². The van der Waals surface area contributed by atoms with Gasteiger partial charge < -0.3 is 4.90 Å². The van der Waals surface area contributed by atoms with Crippen molar-refractivity contribution in [2.24, 2.45) is 0 Å². The van der Waals surface area contributed by atoms with E-state index in [0.717, 1.165) is 11.1 Å². The number of anilines is 1. The second kappa shape index (κ2) is 7.77. The van der Waals surface area contributed by atoms with Gasteiger partial charge in [-0.15, -0.1) is 0 Å². The van der Waals surface area contributed by atoms with Crippen LogP contribution in [0.2, 0.25) is 0 Å². The van der Waals surface area contributed by atoms with Gasteiger partial charge in [0.25, 0.3) is 5.91 Å². The Morgan fingerprint density at radius 2 is 1.69 bits per heavy atom. The quantitative estimate of drug-likeness (QED) is 0.282. The van der Waals surface area contributed by atoms with Gasteiger partial charge in [0.2, 0.25) is 0 Å². The monoisotopic (exact) mass is 463 g/mol. The van der Waals surface area contributed by atoms with Gasteiger partial charge >= 0.3 is 11.5 Å². The Balaban J connectivity index is 1.67. The molecule has 0 spiro atoms. The molecule has 1 saturated heterocycles. The lowest BCUT2D eigenvalue weighted by Crippen LogP contribution is -2.43. The minimum atomic E-state index is -4.45. The van der Waals surface area contributed by atoms with Crippen molar-refractivity contribution in [3.05, 3.63) is 66.1 Å². The molecule has 1 aliphatic rings. The van der Waals surface area contributed by atoms with Crippen LogP contribution in [-0.2, 0) is 11.3 Å². The third kappa shape index (κ3) is 3.90. The number of nitrogens with zero attached hydrogens (tertiary/aromatic N) is 3. The Hall–Kier alpha value is -3.14. The highest BCUT2D eigenvalue weighted by molar-refractivity contribution is 8.00. The Kier molecular flexibility index (Phi) is 5.36. The number of hydrogen-bond donors (Lipinski definition) is 0. The average Bonchev–Trinajstić information content (AvgIpc) is 2.89. The third-order valence-electron chi connectivity index (χ3n) is 5.30. The number of pyridine rings is 1. The van der Waals surface area contributed by atoms with Crippen molar-refractivity contribution in [3.8, 4) is 0 Å². The number of thioether (sulfide) groups is 1. The summed E-state index contributed by atoms with van der Waals surface area (Å²) in [5, 5.41) is 0.524. The van der Waals surface area contributed by atoms with Crippen molar-refractivity contribution in [2.45, 2.75) is 36.3 Å². The summed E-state index contributed by atoms with van der Waals surface area (Å²) in [4.78, 5) is 32.4. The number of amides is 3. The number of rotatable bonds is 4. The molecule has 3 aromatic rings. The van der Waals surface area contributed by atoms with Crippen LogP contribution < -0.4 is 4.90 Å². The van der Waals surface area contributed by atoms with Crippen LogP contribution >= 0.6 is 11.8 Å². The molecule has 0 unspecified atom stereocenters. The molecule has 2 aromatic carbocycles. The molecule has 1 fully saturated rings. The number of urea groups is 1. The van der Waals surface area contributed by atoms with Crippen LogP contribution in [0.25, 0.3) is 10.9 Å². The number of benzene rings is 2. The lowest BCUT2D eigenvalue weighted by atomic mass is 10.0. The van der Waals surface area contributed by atoms with E-state index in [1.807, 2.05) is 0 Å². The van der Waals surface area contributed by atoms with Crippen molar-refractivity contribution in [3.63, 3.8) is 0 Å². The fraction of sp³-hybridized carbons (Fsp3) is 0.227. The normalized spacial score (nSPS) is 16.3. The van der Waals surface area contributed by atoms with Crippen LogP contribution in [0, 0.1) is 5.82 Å². The van der Waals surface area contributed by atoms with Gasteiger partial charge in [-0.3, -0.25) is 9.78 Å². The molecule has 0 radical (unpaired) electrons. The summed E-state index contributed by atoms with van der Waals surface area (Å²) in [6, 6.07) is 11.2. The van der Waals surface area contributed by atoms with E-state index in [1.54, 1.807) is 38.1 Å². The highest BCUT2D eigenvalue weighted by Gasteiger charge is 2.52. The summed E-state index contributed by atoms with van der Waals surface area (Å²) in [7, 11) is 0. The first kappa shape index (κ1) is 22.1. The molecule has 0 atom stereocenters. The number of para-hydroxylation sites is 1. The Morgan fingerprint density at radius 3 is 2.34 bits per heavy atom. The van der Waals surface area contributed by atoms with E-state index < -0.39 is 28.8 Å². The number of carbonyl (C=O) groups is 2. The summed E-state index contributed by atoms with van der Waals surface area (Å²) >= 11 is -0.288. The molecule has 4 rings (SSSR count). The Morgan fingerprint density at radius 1 is 1.03 bits per heavy atom. The van der Waals surface area contributed by atoms with Gasteiger partial charge in [0.1, 0.15) is 11.4 Å². The highest BCUT2D eigenvalue weighted by atomic mass is 32.2. The van der Waals surface area contributed by atoms with E-state index in [-0.39, 0.29) is 34.5 Å². The summed E-state index contributed by atoms with van der Waals surface area (Å²) in [5.41, 5.74) is -4.83. The molecule has 32 heavy (non-hydrogen) atoms. The number of alkyl halides is 3. The molecule has 2 heterocycles.